The van der Waals surface area contributed by atoms with Crippen molar-refractivity contribution in [3.63, 3.8) is 0 Å². The molecule has 1 aromatic rings. The van der Waals surface area contributed by atoms with E-state index in [0.29, 0.717) is 19.4 Å². The van der Waals surface area contributed by atoms with Gasteiger partial charge in [0.1, 0.15) is 5.41 Å². The van der Waals surface area contributed by atoms with E-state index < -0.39 is 5.41 Å². The number of thiophene rings is 1. The van der Waals surface area contributed by atoms with Crippen LogP contribution in [0.2, 0.25) is 0 Å². The van der Waals surface area contributed by atoms with Crippen molar-refractivity contribution in [2.24, 2.45) is 5.41 Å². The number of hydrogen-bond donors (Lipinski definition) is 0. The van der Waals surface area contributed by atoms with Gasteiger partial charge in [0.05, 0.1) is 6.07 Å². The molecule has 19 heavy (non-hydrogen) atoms. The van der Waals surface area contributed by atoms with Gasteiger partial charge < -0.3 is 4.90 Å². The Morgan fingerprint density at radius 3 is 2.47 bits per heavy atom. The molecule has 1 heterocycles. The normalized spacial score (nSPS) is 11.1. The van der Waals surface area contributed by atoms with Gasteiger partial charge in [0.2, 0.25) is 5.91 Å². The highest BCUT2D eigenvalue weighted by Crippen LogP contribution is 2.31. The fourth-order valence-corrected chi connectivity index (χ4v) is 3.11. The lowest BCUT2D eigenvalue weighted by Crippen LogP contribution is -2.41. The third kappa shape index (κ3) is 3.81. The second-order valence-corrected chi connectivity index (χ2v) is 5.77. The molecule has 3 nitrogen and oxygen atoms in total. The van der Waals surface area contributed by atoms with Crippen LogP contribution in [0.1, 0.15) is 45.1 Å². The number of carbonyl (C=O) groups is 1. The zero-order valence-electron chi connectivity index (χ0n) is 12.0. The lowest BCUT2D eigenvalue weighted by molar-refractivity contribution is -0.139. The van der Waals surface area contributed by atoms with E-state index in [-0.39, 0.29) is 5.91 Å². The largest absolute Gasteiger partial charge is 0.340 e. The van der Waals surface area contributed by atoms with Gasteiger partial charge in [-0.05, 0) is 35.2 Å². The maximum atomic E-state index is 12.6. The Hall–Kier alpha value is -1.34. The minimum Gasteiger partial charge on any atom is -0.340 e. The van der Waals surface area contributed by atoms with E-state index in [9.17, 15) is 10.1 Å². The fourth-order valence-electron chi connectivity index (χ4n) is 2.45. The molecular formula is C15H22N2OS. The highest BCUT2D eigenvalue weighted by molar-refractivity contribution is 7.07. The molecular weight excluding hydrogens is 256 g/mol. The summed E-state index contributed by atoms with van der Waals surface area (Å²) in [5, 5.41) is 13.5. The van der Waals surface area contributed by atoms with E-state index in [0.717, 1.165) is 18.4 Å². The highest BCUT2D eigenvalue weighted by Gasteiger charge is 2.38. The van der Waals surface area contributed by atoms with Crippen LogP contribution in [-0.4, -0.2) is 17.9 Å². The molecule has 0 radical (unpaired) electrons. The molecule has 0 aliphatic carbocycles. The molecule has 0 bridgehead atoms. The van der Waals surface area contributed by atoms with Crippen molar-refractivity contribution >= 4 is 17.2 Å². The van der Waals surface area contributed by atoms with E-state index in [4.69, 9.17) is 0 Å². The number of nitriles is 1. The van der Waals surface area contributed by atoms with Gasteiger partial charge in [-0.25, -0.2) is 0 Å². The minimum atomic E-state index is -0.839. The lowest BCUT2D eigenvalue weighted by atomic mass is 9.79. The first-order valence-corrected chi connectivity index (χ1v) is 7.71. The van der Waals surface area contributed by atoms with Crippen LogP contribution in [0.25, 0.3) is 0 Å². The third-order valence-corrected chi connectivity index (χ3v) is 4.06. The van der Waals surface area contributed by atoms with Crippen molar-refractivity contribution in [2.45, 2.75) is 46.1 Å². The summed E-state index contributed by atoms with van der Waals surface area (Å²) in [4.78, 5) is 14.3. The number of nitrogens with zero attached hydrogens (tertiary/aromatic N) is 2. The molecule has 0 aliphatic rings. The molecule has 0 fully saturated rings. The second kappa shape index (κ2) is 7.30. The molecule has 1 amide bonds. The summed E-state index contributed by atoms with van der Waals surface area (Å²) in [6.45, 7) is 4.63. The monoisotopic (exact) mass is 278 g/mol. The topological polar surface area (TPSA) is 44.1 Å². The number of rotatable bonds is 7. The van der Waals surface area contributed by atoms with Crippen molar-refractivity contribution in [3.05, 3.63) is 22.4 Å². The average Bonchev–Trinajstić information content (AvgIpc) is 2.90. The number of hydrogen-bond acceptors (Lipinski definition) is 3. The molecule has 0 unspecified atom stereocenters. The number of carbonyl (C=O) groups excluding carboxylic acids is 1. The summed E-state index contributed by atoms with van der Waals surface area (Å²) in [5.41, 5.74) is 0.287. The van der Waals surface area contributed by atoms with Crippen LogP contribution in [0.4, 0.5) is 0 Å². The third-order valence-electron chi connectivity index (χ3n) is 3.32. The SMILES string of the molecule is CCCC(C#N)(CCC)C(=O)N(C)Cc1ccsc1. The van der Waals surface area contributed by atoms with E-state index >= 15 is 0 Å². The van der Waals surface area contributed by atoms with Crippen LogP contribution < -0.4 is 0 Å². The molecule has 0 N–H and O–H groups in total. The molecule has 0 saturated heterocycles. The van der Waals surface area contributed by atoms with E-state index in [2.05, 4.69) is 6.07 Å². The van der Waals surface area contributed by atoms with Gasteiger partial charge in [0, 0.05) is 13.6 Å². The summed E-state index contributed by atoms with van der Waals surface area (Å²) < 4.78 is 0. The predicted molar refractivity (Wildman–Crippen MR) is 78.7 cm³/mol. The van der Waals surface area contributed by atoms with Crippen molar-refractivity contribution in [1.29, 1.82) is 5.26 Å². The van der Waals surface area contributed by atoms with Gasteiger partial charge in [-0.3, -0.25) is 4.79 Å². The second-order valence-electron chi connectivity index (χ2n) is 4.99. The van der Waals surface area contributed by atoms with Crippen LogP contribution in [0.15, 0.2) is 16.8 Å². The first kappa shape index (κ1) is 15.7. The Morgan fingerprint density at radius 1 is 1.42 bits per heavy atom. The molecule has 1 aromatic heterocycles. The summed E-state index contributed by atoms with van der Waals surface area (Å²) in [6, 6.07) is 4.31. The molecule has 1 rings (SSSR count). The van der Waals surface area contributed by atoms with Crippen LogP contribution in [-0.2, 0) is 11.3 Å². The summed E-state index contributed by atoms with van der Waals surface area (Å²) in [7, 11) is 1.79. The summed E-state index contributed by atoms with van der Waals surface area (Å²) in [6.07, 6.45) is 2.99. The maximum Gasteiger partial charge on any atom is 0.243 e. The van der Waals surface area contributed by atoms with Gasteiger partial charge in [-0.2, -0.15) is 16.6 Å². The van der Waals surface area contributed by atoms with E-state index in [1.165, 1.54) is 0 Å². The van der Waals surface area contributed by atoms with E-state index in [1.54, 1.807) is 23.3 Å². The van der Waals surface area contributed by atoms with Gasteiger partial charge >= 0.3 is 0 Å². The zero-order valence-corrected chi connectivity index (χ0v) is 12.8. The molecule has 104 valence electrons. The average molecular weight is 278 g/mol. The standard InChI is InChI=1S/C15H22N2OS/c1-4-7-15(12-16,8-5-2)14(18)17(3)10-13-6-9-19-11-13/h6,9,11H,4-5,7-8,10H2,1-3H3. The van der Waals surface area contributed by atoms with Crippen molar-refractivity contribution in [1.82, 2.24) is 4.90 Å². The van der Waals surface area contributed by atoms with Crippen molar-refractivity contribution in [2.75, 3.05) is 7.05 Å². The molecule has 4 heteroatoms. The smallest absolute Gasteiger partial charge is 0.243 e. The van der Waals surface area contributed by atoms with Crippen LogP contribution in [0.3, 0.4) is 0 Å². The van der Waals surface area contributed by atoms with Crippen LogP contribution in [0.5, 0.6) is 0 Å². The quantitative estimate of drug-likeness (QED) is 0.761. The molecule has 0 spiro atoms. The minimum absolute atomic E-state index is 0.0371. The van der Waals surface area contributed by atoms with Gasteiger partial charge in [0.25, 0.3) is 0 Å². The highest BCUT2D eigenvalue weighted by atomic mass is 32.1. The van der Waals surface area contributed by atoms with Gasteiger partial charge in [0.15, 0.2) is 0 Å². The van der Waals surface area contributed by atoms with Gasteiger partial charge in [-0.15, -0.1) is 0 Å². The Kier molecular flexibility index (Phi) is 6.04. The Balaban J connectivity index is 2.83. The van der Waals surface area contributed by atoms with Crippen LogP contribution >= 0.6 is 11.3 Å². The molecule has 0 atom stereocenters. The Labute approximate surface area is 119 Å². The Bertz CT molecular complexity index is 427. The Morgan fingerprint density at radius 2 is 2.05 bits per heavy atom. The number of amides is 1. The fraction of sp³-hybridized carbons (Fsp3) is 0.600. The molecule has 0 aromatic carbocycles. The maximum absolute atomic E-state index is 12.6. The lowest BCUT2D eigenvalue weighted by Gasteiger charge is -2.29. The van der Waals surface area contributed by atoms with Gasteiger partial charge in [-0.1, -0.05) is 26.7 Å². The summed E-state index contributed by atoms with van der Waals surface area (Å²) in [5.74, 6) is -0.0371. The summed E-state index contributed by atoms with van der Waals surface area (Å²) >= 11 is 1.62. The van der Waals surface area contributed by atoms with Crippen LogP contribution in [0, 0.1) is 16.7 Å². The predicted octanol–water partition coefficient (Wildman–Crippen LogP) is 3.82. The first-order chi connectivity index (χ1) is 9.09. The van der Waals surface area contributed by atoms with Crippen molar-refractivity contribution < 1.29 is 4.79 Å². The van der Waals surface area contributed by atoms with Crippen molar-refractivity contribution in [3.8, 4) is 6.07 Å². The first-order valence-electron chi connectivity index (χ1n) is 6.77. The molecule has 0 aliphatic heterocycles. The zero-order chi connectivity index (χ0) is 14.3. The molecule has 0 saturated carbocycles. The van der Waals surface area contributed by atoms with E-state index in [1.807, 2.05) is 30.7 Å².